The minimum Gasteiger partial charge on any atom is -0.467 e. The molecule has 3 N–H and O–H groups in total. The molecule has 2 heterocycles. The molecule has 0 radical (unpaired) electrons. The van der Waals surface area contributed by atoms with Gasteiger partial charge >= 0.3 is 12.1 Å². The first kappa shape index (κ1) is 29.3. The quantitative estimate of drug-likeness (QED) is 0.293. The summed E-state index contributed by atoms with van der Waals surface area (Å²) in [7, 11) is 1.24. The summed E-state index contributed by atoms with van der Waals surface area (Å²) in [5.41, 5.74) is 3.26. The first-order chi connectivity index (χ1) is 20.9. The third kappa shape index (κ3) is 7.56. The summed E-state index contributed by atoms with van der Waals surface area (Å²) < 4.78 is 16.2. The lowest BCUT2D eigenvalue weighted by molar-refractivity contribution is -0.145. The number of carbonyl (C=O) groups is 4. The Hall–Kier alpha value is -5.19. The predicted octanol–water partition coefficient (Wildman–Crippen LogP) is 3.00. The largest absolute Gasteiger partial charge is 0.467 e. The number of para-hydroxylation sites is 1. The fourth-order valence-electron chi connectivity index (χ4n) is 4.92. The zero-order chi connectivity index (χ0) is 30.2. The van der Waals surface area contributed by atoms with Crippen molar-refractivity contribution >= 4 is 35.0 Å². The van der Waals surface area contributed by atoms with Crippen molar-refractivity contribution < 1.29 is 33.1 Å². The molecule has 222 valence electrons. The number of rotatable bonds is 6. The highest BCUT2D eigenvalue weighted by Crippen LogP contribution is 2.23. The molecule has 2 bridgehead atoms. The zero-order valence-corrected chi connectivity index (χ0v) is 23.6. The van der Waals surface area contributed by atoms with Crippen molar-refractivity contribution in [1.82, 2.24) is 20.9 Å². The lowest BCUT2D eigenvalue weighted by Crippen LogP contribution is -2.57. The van der Waals surface area contributed by atoms with Gasteiger partial charge in [-0.15, -0.1) is 0 Å². The van der Waals surface area contributed by atoms with Gasteiger partial charge in [-0.1, -0.05) is 72.8 Å². The number of oxazole rings is 1. The van der Waals surface area contributed by atoms with Crippen LogP contribution in [0.1, 0.15) is 29.0 Å². The van der Waals surface area contributed by atoms with Gasteiger partial charge in [0.1, 0.15) is 30.2 Å². The van der Waals surface area contributed by atoms with Gasteiger partial charge in [-0.2, -0.15) is 0 Å². The first-order valence-electron chi connectivity index (χ1n) is 14.0. The smallest absolute Gasteiger partial charge is 0.408 e. The van der Waals surface area contributed by atoms with Crippen molar-refractivity contribution in [3.8, 4) is 0 Å². The summed E-state index contributed by atoms with van der Waals surface area (Å²) in [6.45, 7) is 0.0111. The van der Waals surface area contributed by atoms with Gasteiger partial charge in [0.05, 0.1) is 7.11 Å². The number of hydrogen-bond donors (Lipinski definition) is 3. The van der Waals surface area contributed by atoms with E-state index in [-0.39, 0.29) is 32.3 Å². The maximum Gasteiger partial charge on any atom is 0.408 e. The van der Waals surface area contributed by atoms with Gasteiger partial charge in [0.25, 0.3) is 0 Å². The molecule has 0 spiro atoms. The number of methoxy groups -OCH3 is 1. The van der Waals surface area contributed by atoms with E-state index in [1.54, 1.807) is 18.2 Å². The van der Waals surface area contributed by atoms with E-state index < -0.39 is 42.0 Å². The Balaban J connectivity index is 1.46. The van der Waals surface area contributed by atoms with E-state index in [2.05, 4.69) is 20.9 Å². The molecular weight excluding hydrogens is 552 g/mol. The number of aryl methyl sites for hydroxylation is 1. The van der Waals surface area contributed by atoms with E-state index in [1.807, 2.05) is 60.7 Å². The van der Waals surface area contributed by atoms with E-state index in [9.17, 15) is 19.2 Å². The Morgan fingerprint density at radius 2 is 1.65 bits per heavy atom. The molecule has 1 aliphatic rings. The normalized spacial score (nSPS) is 19.1. The maximum absolute atomic E-state index is 13.8. The van der Waals surface area contributed by atoms with E-state index in [1.165, 1.54) is 7.11 Å². The molecule has 43 heavy (non-hydrogen) atoms. The number of alkyl carbamates (subject to hydrolysis) is 1. The van der Waals surface area contributed by atoms with Crippen molar-refractivity contribution in [1.29, 1.82) is 0 Å². The van der Waals surface area contributed by atoms with Crippen LogP contribution in [0.15, 0.2) is 83.3 Å². The monoisotopic (exact) mass is 584 g/mol. The second-order valence-electron chi connectivity index (χ2n) is 10.2. The lowest BCUT2D eigenvalue weighted by Gasteiger charge is -2.25. The number of benzene rings is 3. The number of fused-ring (bicyclic) bond motifs is 1. The zero-order valence-electron chi connectivity index (χ0n) is 23.6. The van der Waals surface area contributed by atoms with E-state index in [0.717, 1.165) is 11.1 Å². The van der Waals surface area contributed by atoms with Gasteiger partial charge < -0.3 is 29.8 Å². The minimum absolute atomic E-state index is 0.0111. The number of carbonyl (C=O) groups excluding carboxylic acids is 4. The van der Waals surface area contributed by atoms with E-state index in [0.29, 0.717) is 22.6 Å². The minimum atomic E-state index is -1.13. The summed E-state index contributed by atoms with van der Waals surface area (Å²) in [4.78, 5) is 57.4. The molecule has 3 amide bonds. The van der Waals surface area contributed by atoms with Crippen LogP contribution in [0.5, 0.6) is 0 Å². The third-order valence-corrected chi connectivity index (χ3v) is 7.16. The molecule has 0 saturated heterocycles. The summed E-state index contributed by atoms with van der Waals surface area (Å²) in [5, 5.41) is 8.17. The second-order valence-corrected chi connectivity index (χ2v) is 10.2. The van der Waals surface area contributed by atoms with Gasteiger partial charge in [0.2, 0.25) is 11.8 Å². The van der Waals surface area contributed by atoms with Gasteiger partial charge in [0.15, 0.2) is 11.5 Å². The lowest BCUT2D eigenvalue weighted by atomic mass is 10.0. The van der Waals surface area contributed by atoms with Gasteiger partial charge in [-0.05, 0) is 29.2 Å². The number of amides is 3. The molecule has 4 aromatic rings. The number of hydrogen-bond acceptors (Lipinski definition) is 8. The fraction of sp³-hybridized carbons (Fsp3) is 0.281. The first-order valence-corrected chi connectivity index (χ1v) is 14.0. The molecule has 0 fully saturated rings. The van der Waals surface area contributed by atoms with Crippen LogP contribution in [0.2, 0.25) is 0 Å². The number of aromatic nitrogens is 1. The average Bonchev–Trinajstić information content (AvgIpc) is 3.45. The van der Waals surface area contributed by atoms with E-state index >= 15 is 0 Å². The van der Waals surface area contributed by atoms with Crippen LogP contribution in [-0.4, -0.2) is 54.1 Å². The molecule has 0 unspecified atom stereocenters. The second kappa shape index (κ2) is 13.6. The molecule has 1 aliphatic heterocycles. The highest BCUT2D eigenvalue weighted by Gasteiger charge is 2.32. The third-order valence-electron chi connectivity index (χ3n) is 7.16. The Bertz CT molecular complexity index is 1590. The maximum atomic E-state index is 13.8. The van der Waals surface area contributed by atoms with Crippen molar-refractivity contribution in [3.63, 3.8) is 0 Å². The number of nitrogens with zero attached hydrogens (tertiary/aromatic N) is 1. The average molecular weight is 585 g/mol. The Morgan fingerprint density at radius 3 is 2.37 bits per heavy atom. The Morgan fingerprint density at radius 1 is 0.930 bits per heavy atom. The topological polar surface area (TPSA) is 149 Å². The van der Waals surface area contributed by atoms with Crippen LogP contribution in [0.4, 0.5) is 4.79 Å². The summed E-state index contributed by atoms with van der Waals surface area (Å²) in [5.74, 6) is -1.46. The van der Waals surface area contributed by atoms with Crippen molar-refractivity contribution in [3.05, 3.63) is 101 Å². The molecule has 5 rings (SSSR count). The van der Waals surface area contributed by atoms with Crippen molar-refractivity contribution in [2.45, 2.75) is 50.4 Å². The van der Waals surface area contributed by atoms with Crippen LogP contribution in [0, 0.1) is 0 Å². The molecule has 3 atom stereocenters. The summed E-state index contributed by atoms with van der Waals surface area (Å²) in [6.07, 6.45) is -0.178. The van der Waals surface area contributed by atoms with Crippen LogP contribution in [-0.2, 0) is 49.7 Å². The molecule has 11 heteroatoms. The molecule has 0 saturated carbocycles. The number of esters is 1. The van der Waals surface area contributed by atoms with Crippen LogP contribution in [0.3, 0.4) is 0 Å². The molecule has 11 nitrogen and oxygen atoms in total. The standard InChI is InChI=1S/C32H32N4O7/c1-41-31(39)23-15-16-27-36-28-22(13-8-14-26(28)43-27)18-25(35-32(40)42-19-21-11-6-3-7-12-21)30(38)34-24(29(37)33-23)17-20-9-4-2-5-10-20/h2-14,23-25H,15-19H2,1H3,(H,33,37)(H,34,38)(H,35,40)/t23-,24-,25-/m0/s1. The van der Waals surface area contributed by atoms with Crippen LogP contribution >= 0.6 is 0 Å². The van der Waals surface area contributed by atoms with Crippen molar-refractivity contribution in [2.75, 3.05) is 7.11 Å². The molecule has 3 aromatic carbocycles. The fourth-order valence-corrected chi connectivity index (χ4v) is 4.92. The van der Waals surface area contributed by atoms with Gasteiger partial charge in [-0.3, -0.25) is 9.59 Å². The van der Waals surface area contributed by atoms with Crippen LogP contribution in [0.25, 0.3) is 11.1 Å². The SMILES string of the molecule is COC(=O)[C@@H]1CCc2nc3c(cccc3o2)C[C@H](NC(=O)OCc2ccccc2)C(=O)N[C@@H](Cc2ccccc2)C(=O)N1. The molecular formula is C32H32N4O7. The van der Waals surface area contributed by atoms with Crippen LogP contribution < -0.4 is 16.0 Å². The van der Waals surface area contributed by atoms with E-state index in [4.69, 9.17) is 13.9 Å². The highest BCUT2D eigenvalue weighted by atomic mass is 16.5. The Labute approximate surface area is 248 Å². The molecule has 0 aliphatic carbocycles. The van der Waals surface area contributed by atoms with Crippen molar-refractivity contribution in [2.24, 2.45) is 0 Å². The highest BCUT2D eigenvalue weighted by molar-refractivity contribution is 5.93. The van der Waals surface area contributed by atoms with Gasteiger partial charge in [-0.25, -0.2) is 14.6 Å². The number of nitrogens with one attached hydrogen (secondary N) is 3. The number of ether oxygens (including phenoxy) is 2. The Kier molecular flexibility index (Phi) is 9.30. The predicted molar refractivity (Wildman–Crippen MR) is 156 cm³/mol. The summed E-state index contributed by atoms with van der Waals surface area (Å²) in [6, 6.07) is 20.4. The molecule has 1 aromatic heterocycles. The van der Waals surface area contributed by atoms with Gasteiger partial charge in [0, 0.05) is 19.3 Å². The summed E-state index contributed by atoms with van der Waals surface area (Å²) >= 11 is 0.